The highest BCUT2D eigenvalue weighted by atomic mass is 16.5. The highest BCUT2D eigenvalue weighted by molar-refractivity contribution is 5.46. The van der Waals surface area contributed by atoms with Crippen LogP contribution in [0.1, 0.15) is 44.9 Å². The second-order valence-electron chi connectivity index (χ2n) is 5.60. The summed E-state index contributed by atoms with van der Waals surface area (Å²) in [6.07, 6.45) is -0.316. The van der Waals surface area contributed by atoms with Crippen molar-refractivity contribution in [2.24, 2.45) is 0 Å². The Morgan fingerprint density at radius 1 is 1.47 bits per heavy atom. The Morgan fingerprint density at radius 3 is 2.74 bits per heavy atom. The van der Waals surface area contributed by atoms with Gasteiger partial charge in [0.05, 0.1) is 17.7 Å². The first-order chi connectivity index (χ1) is 8.86. The van der Waals surface area contributed by atoms with Crippen LogP contribution in [0.2, 0.25) is 0 Å². The molecule has 2 N–H and O–H groups in total. The van der Waals surface area contributed by atoms with Gasteiger partial charge in [0, 0.05) is 11.6 Å². The third-order valence-corrected chi connectivity index (χ3v) is 3.66. The fourth-order valence-electron chi connectivity index (χ4n) is 2.40. The Bertz CT molecular complexity index is 517. The number of hydrogen-bond acceptors (Lipinski definition) is 4. The molecule has 0 fully saturated rings. The zero-order chi connectivity index (χ0) is 14.2. The summed E-state index contributed by atoms with van der Waals surface area (Å²) in [6.45, 7) is 7.68. The second-order valence-corrected chi connectivity index (χ2v) is 5.60. The summed E-state index contributed by atoms with van der Waals surface area (Å²) >= 11 is 0. The molecule has 0 aliphatic carbocycles. The molecule has 0 aromatic heterocycles. The van der Waals surface area contributed by atoms with Gasteiger partial charge >= 0.3 is 0 Å². The molecule has 1 aromatic carbocycles. The lowest BCUT2D eigenvalue weighted by Crippen LogP contribution is -2.55. The number of nitrogens with one attached hydrogen (secondary N) is 1. The van der Waals surface area contributed by atoms with Crippen LogP contribution in [0.15, 0.2) is 18.2 Å². The minimum absolute atomic E-state index is 0.223. The SMILES string of the molecule is CC(C)N[C@H]1c2cc(C#N)ccc2O[C@H](C)C1(C)O. The molecule has 4 nitrogen and oxygen atoms in total. The van der Waals surface area contributed by atoms with Crippen molar-refractivity contribution in [1.29, 1.82) is 5.26 Å². The lowest BCUT2D eigenvalue weighted by Gasteiger charge is -2.44. The molecule has 1 aromatic rings. The van der Waals surface area contributed by atoms with Gasteiger partial charge in [-0.25, -0.2) is 0 Å². The average Bonchev–Trinajstić information content (AvgIpc) is 2.34. The fraction of sp³-hybridized carbons (Fsp3) is 0.533. The number of aliphatic hydroxyl groups is 1. The van der Waals surface area contributed by atoms with Gasteiger partial charge in [0.1, 0.15) is 17.5 Å². The highest BCUT2D eigenvalue weighted by Gasteiger charge is 2.45. The topological polar surface area (TPSA) is 65.3 Å². The van der Waals surface area contributed by atoms with E-state index in [4.69, 9.17) is 10.00 Å². The van der Waals surface area contributed by atoms with Crippen molar-refractivity contribution < 1.29 is 9.84 Å². The summed E-state index contributed by atoms with van der Waals surface area (Å²) in [5, 5.41) is 23.1. The summed E-state index contributed by atoms with van der Waals surface area (Å²) in [5.74, 6) is 0.733. The summed E-state index contributed by atoms with van der Waals surface area (Å²) < 4.78 is 5.76. The Balaban J connectivity index is 2.52. The fourth-order valence-corrected chi connectivity index (χ4v) is 2.40. The van der Waals surface area contributed by atoms with Gasteiger partial charge in [-0.3, -0.25) is 0 Å². The van der Waals surface area contributed by atoms with Crippen LogP contribution in [0, 0.1) is 11.3 Å². The molecule has 2 rings (SSSR count). The number of benzene rings is 1. The number of ether oxygens (including phenoxy) is 1. The summed E-state index contributed by atoms with van der Waals surface area (Å²) in [4.78, 5) is 0. The van der Waals surface area contributed by atoms with Gasteiger partial charge in [0.25, 0.3) is 0 Å². The molecule has 1 unspecified atom stereocenters. The third-order valence-electron chi connectivity index (χ3n) is 3.66. The van der Waals surface area contributed by atoms with E-state index in [0.717, 1.165) is 11.3 Å². The molecule has 102 valence electrons. The maximum absolute atomic E-state index is 10.7. The normalized spacial score (nSPS) is 29.5. The van der Waals surface area contributed by atoms with Crippen molar-refractivity contribution in [3.05, 3.63) is 29.3 Å². The number of fused-ring (bicyclic) bond motifs is 1. The van der Waals surface area contributed by atoms with E-state index < -0.39 is 5.60 Å². The van der Waals surface area contributed by atoms with Crippen LogP contribution in [-0.2, 0) is 0 Å². The van der Waals surface area contributed by atoms with E-state index in [-0.39, 0.29) is 18.2 Å². The van der Waals surface area contributed by atoms with Crippen LogP contribution < -0.4 is 10.1 Å². The van der Waals surface area contributed by atoms with Crippen LogP contribution >= 0.6 is 0 Å². The molecule has 1 aliphatic rings. The smallest absolute Gasteiger partial charge is 0.126 e. The lowest BCUT2D eigenvalue weighted by atomic mass is 9.82. The Kier molecular flexibility index (Phi) is 3.53. The molecule has 0 saturated carbocycles. The summed E-state index contributed by atoms with van der Waals surface area (Å²) in [6, 6.07) is 7.42. The maximum Gasteiger partial charge on any atom is 0.126 e. The molecular weight excluding hydrogens is 240 g/mol. The largest absolute Gasteiger partial charge is 0.487 e. The van der Waals surface area contributed by atoms with Crippen molar-refractivity contribution in [2.75, 3.05) is 0 Å². The van der Waals surface area contributed by atoms with E-state index in [2.05, 4.69) is 11.4 Å². The minimum Gasteiger partial charge on any atom is -0.487 e. The van der Waals surface area contributed by atoms with E-state index in [1.54, 1.807) is 25.1 Å². The first-order valence-corrected chi connectivity index (χ1v) is 6.55. The Labute approximate surface area is 114 Å². The highest BCUT2D eigenvalue weighted by Crippen LogP contribution is 2.41. The number of rotatable bonds is 2. The minimum atomic E-state index is -1.02. The van der Waals surface area contributed by atoms with Crippen LogP contribution in [0.4, 0.5) is 0 Å². The molecule has 1 heterocycles. The Hall–Kier alpha value is -1.57. The monoisotopic (exact) mass is 260 g/mol. The predicted octanol–water partition coefficient (Wildman–Crippen LogP) is 2.13. The third kappa shape index (κ3) is 2.44. The standard InChI is InChI=1S/C15H20N2O2/c1-9(2)17-14-12-7-11(8-16)5-6-13(12)19-10(3)15(14,4)18/h5-7,9-10,14,17-18H,1-4H3/t10-,14+,15?/m1/s1. The van der Waals surface area contributed by atoms with Crippen molar-refractivity contribution in [1.82, 2.24) is 5.32 Å². The molecular formula is C15H20N2O2. The van der Waals surface area contributed by atoms with Crippen LogP contribution in [0.5, 0.6) is 5.75 Å². The zero-order valence-corrected chi connectivity index (χ0v) is 11.8. The first-order valence-electron chi connectivity index (χ1n) is 6.55. The number of hydrogen-bond donors (Lipinski definition) is 2. The van der Waals surface area contributed by atoms with Crippen molar-refractivity contribution in [3.63, 3.8) is 0 Å². The van der Waals surface area contributed by atoms with Gasteiger partial charge in [-0.15, -0.1) is 0 Å². The molecule has 0 spiro atoms. The van der Waals surface area contributed by atoms with Gasteiger partial charge in [-0.2, -0.15) is 5.26 Å². The lowest BCUT2D eigenvalue weighted by molar-refractivity contribution is -0.0830. The number of nitrogens with zero attached hydrogens (tertiary/aromatic N) is 1. The number of nitriles is 1. The summed E-state index contributed by atoms with van der Waals surface area (Å²) in [7, 11) is 0. The van der Waals surface area contributed by atoms with Crippen LogP contribution in [0.25, 0.3) is 0 Å². The van der Waals surface area contributed by atoms with Gasteiger partial charge in [0.2, 0.25) is 0 Å². The molecule has 0 amide bonds. The quantitative estimate of drug-likeness (QED) is 0.855. The van der Waals surface area contributed by atoms with E-state index in [1.807, 2.05) is 20.8 Å². The van der Waals surface area contributed by atoms with E-state index >= 15 is 0 Å². The molecule has 0 radical (unpaired) electrons. The molecule has 0 saturated heterocycles. The molecule has 4 heteroatoms. The van der Waals surface area contributed by atoms with E-state index in [0.29, 0.717) is 5.56 Å². The van der Waals surface area contributed by atoms with Gasteiger partial charge < -0.3 is 15.2 Å². The van der Waals surface area contributed by atoms with Crippen molar-refractivity contribution in [3.8, 4) is 11.8 Å². The molecule has 0 bridgehead atoms. The molecule has 3 atom stereocenters. The van der Waals surface area contributed by atoms with Crippen molar-refractivity contribution >= 4 is 0 Å². The first kappa shape index (κ1) is 13.9. The van der Waals surface area contributed by atoms with E-state index in [1.165, 1.54) is 0 Å². The van der Waals surface area contributed by atoms with Crippen LogP contribution in [0.3, 0.4) is 0 Å². The zero-order valence-electron chi connectivity index (χ0n) is 11.8. The second kappa shape index (κ2) is 4.84. The average molecular weight is 260 g/mol. The Morgan fingerprint density at radius 2 is 2.16 bits per heavy atom. The van der Waals surface area contributed by atoms with Crippen molar-refractivity contribution in [2.45, 2.75) is 51.5 Å². The van der Waals surface area contributed by atoms with Crippen LogP contribution in [-0.4, -0.2) is 22.9 Å². The van der Waals surface area contributed by atoms with E-state index in [9.17, 15) is 5.11 Å². The maximum atomic E-state index is 10.7. The predicted molar refractivity (Wildman–Crippen MR) is 72.9 cm³/mol. The summed E-state index contributed by atoms with van der Waals surface area (Å²) in [5.41, 5.74) is 0.393. The van der Waals surface area contributed by atoms with Gasteiger partial charge in [-0.1, -0.05) is 13.8 Å². The van der Waals surface area contributed by atoms with Gasteiger partial charge in [-0.05, 0) is 32.0 Å². The van der Waals surface area contributed by atoms with Gasteiger partial charge in [0.15, 0.2) is 0 Å². The molecule has 19 heavy (non-hydrogen) atoms. The molecule has 1 aliphatic heterocycles.